The molecular formula is C22H16ClO3S-. The molecule has 0 fully saturated rings. The van der Waals surface area contributed by atoms with Gasteiger partial charge in [0.05, 0.1) is 5.97 Å². The van der Waals surface area contributed by atoms with E-state index < -0.39 is 5.97 Å². The standard InChI is InChI=1S/C22H17ClO3S/c23-17-12-10-16(11-13-17)21(14-19(24)15-6-2-1-3-7-15)27-20-9-5-4-8-18(20)22(25)26/h1-13,21H,14H2,(H,25,26)/p-1/t21-/m1/s1. The van der Waals surface area contributed by atoms with Gasteiger partial charge in [-0.3, -0.25) is 4.79 Å². The average molecular weight is 396 g/mol. The summed E-state index contributed by atoms with van der Waals surface area (Å²) in [7, 11) is 0. The van der Waals surface area contributed by atoms with E-state index >= 15 is 0 Å². The molecule has 0 heterocycles. The number of benzene rings is 3. The van der Waals surface area contributed by atoms with Crippen LogP contribution in [-0.4, -0.2) is 11.8 Å². The van der Waals surface area contributed by atoms with Crippen molar-refractivity contribution in [2.45, 2.75) is 16.6 Å². The smallest absolute Gasteiger partial charge is 0.164 e. The number of ketones is 1. The topological polar surface area (TPSA) is 57.2 Å². The highest BCUT2D eigenvalue weighted by Crippen LogP contribution is 2.40. The van der Waals surface area contributed by atoms with Gasteiger partial charge in [0, 0.05) is 32.7 Å². The number of Topliss-reactive ketones (excluding diaryl/α,β-unsaturated/α-hetero) is 1. The lowest BCUT2D eigenvalue weighted by atomic mass is 10.0. The minimum atomic E-state index is -1.23. The largest absolute Gasteiger partial charge is 0.545 e. The molecule has 0 aliphatic carbocycles. The second-order valence-electron chi connectivity index (χ2n) is 5.93. The second kappa shape index (κ2) is 8.89. The highest BCUT2D eigenvalue weighted by atomic mass is 35.5. The monoisotopic (exact) mass is 395 g/mol. The summed E-state index contributed by atoms with van der Waals surface area (Å²) in [6, 6.07) is 23.0. The summed E-state index contributed by atoms with van der Waals surface area (Å²) >= 11 is 7.33. The number of halogens is 1. The van der Waals surface area contributed by atoms with Crippen molar-refractivity contribution >= 4 is 35.1 Å². The SMILES string of the molecule is O=C(C[C@@H](Sc1ccccc1C(=O)[O-])c1ccc(Cl)cc1)c1ccccc1. The summed E-state index contributed by atoms with van der Waals surface area (Å²) in [5, 5.41) is 11.8. The quantitative estimate of drug-likeness (QED) is 0.425. The number of hydrogen-bond donors (Lipinski definition) is 0. The van der Waals surface area contributed by atoms with Crippen molar-refractivity contribution in [1.82, 2.24) is 0 Å². The van der Waals surface area contributed by atoms with Crippen LogP contribution >= 0.6 is 23.4 Å². The fourth-order valence-electron chi connectivity index (χ4n) is 2.71. The number of carbonyl (C=O) groups is 2. The molecule has 0 saturated heterocycles. The first-order chi connectivity index (χ1) is 13.0. The number of thioether (sulfide) groups is 1. The summed E-state index contributed by atoms with van der Waals surface area (Å²) in [5.74, 6) is -1.24. The lowest BCUT2D eigenvalue weighted by molar-refractivity contribution is -0.255. The predicted octanol–water partition coefficient (Wildman–Crippen LogP) is 4.81. The van der Waals surface area contributed by atoms with Gasteiger partial charge in [0.25, 0.3) is 0 Å². The zero-order valence-electron chi connectivity index (χ0n) is 14.3. The Labute approximate surface area is 167 Å². The molecular weight excluding hydrogens is 380 g/mol. The van der Waals surface area contributed by atoms with Crippen molar-refractivity contribution in [1.29, 1.82) is 0 Å². The van der Waals surface area contributed by atoms with Crippen molar-refractivity contribution in [3.05, 3.63) is 101 Å². The Bertz CT molecular complexity index is 939. The lowest BCUT2D eigenvalue weighted by Crippen LogP contribution is -2.23. The Hall–Kier alpha value is -2.56. The van der Waals surface area contributed by atoms with Gasteiger partial charge in [-0.25, -0.2) is 0 Å². The minimum Gasteiger partial charge on any atom is -0.545 e. The van der Waals surface area contributed by atoms with Crippen molar-refractivity contribution in [2.75, 3.05) is 0 Å². The van der Waals surface area contributed by atoms with Gasteiger partial charge < -0.3 is 9.90 Å². The van der Waals surface area contributed by atoms with Gasteiger partial charge in [0.1, 0.15) is 0 Å². The highest BCUT2D eigenvalue weighted by Gasteiger charge is 2.20. The van der Waals surface area contributed by atoms with Crippen molar-refractivity contribution in [3.8, 4) is 0 Å². The Balaban J connectivity index is 1.92. The van der Waals surface area contributed by atoms with E-state index in [2.05, 4.69) is 0 Å². The molecule has 0 N–H and O–H groups in total. The number of carbonyl (C=O) groups excluding carboxylic acids is 2. The van der Waals surface area contributed by atoms with E-state index in [1.54, 1.807) is 42.5 Å². The van der Waals surface area contributed by atoms with Crippen molar-refractivity contribution < 1.29 is 14.7 Å². The molecule has 3 nitrogen and oxygen atoms in total. The first-order valence-corrected chi connectivity index (χ1v) is 9.61. The van der Waals surface area contributed by atoms with Crippen LogP contribution in [0.1, 0.15) is 38.0 Å². The first kappa shape index (κ1) is 19.2. The predicted molar refractivity (Wildman–Crippen MR) is 106 cm³/mol. The van der Waals surface area contributed by atoms with E-state index in [9.17, 15) is 14.7 Å². The summed E-state index contributed by atoms with van der Waals surface area (Å²) in [6.45, 7) is 0. The van der Waals surface area contributed by atoms with Gasteiger partial charge >= 0.3 is 0 Å². The maximum atomic E-state index is 12.7. The van der Waals surface area contributed by atoms with Gasteiger partial charge in [0.15, 0.2) is 5.78 Å². The van der Waals surface area contributed by atoms with E-state index in [1.807, 2.05) is 30.3 Å². The molecule has 0 amide bonds. The lowest BCUT2D eigenvalue weighted by Gasteiger charge is -2.19. The molecule has 0 spiro atoms. The molecule has 3 aromatic carbocycles. The van der Waals surface area contributed by atoms with Crippen LogP contribution in [0.2, 0.25) is 5.02 Å². The molecule has 3 rings (SSSR count). The van der Waals surface area contributed by atoms with Crippen LogP contribution in [-0.2, 0) is 0 Å². The molecule has 1 atom stereocenters. The number of carboxylic acid groups (broad SMARTS) is 1. The Morgan fingerprint density at radius 2 is 1.52 bits per heavy atom. The number of carboxylic acids is 1. The zero-order valence-corrected chi connectivity index (χ0v) is 15.9. The van der Waals surface area contributed by atoms with E-state index in [0.29, 0.717) is 15.5 Å². The molecule has 0 radical (unpaired) electrons. The number of hydrogen-bond acceptors (Lipinski definition) is 4. The molecule has 0 unspecified atom stereocenters. The van der Waals surface area contributed by atoms with Gasteiger partial charge in [-0.1, -0.05) is 72.3 Å². The maximum Gasteiger partial charge on any atom is 0.164 e. The second-order valence-corrected chi connectivity index (χ2v) is 7.62. The van der Waals surface area contributed by atoms with Crippen molar-refractivity contribution in [2.24, 2.45) is 0 Å². The van der Waals surface area contributed by atoms with Crippen LogP contribution in [0.4, 0.5) is 0 Å². The number of aromatic carboxylic acids is 1. The summed E-state index contributed by atoms with van der Waals surface area (Å²) in [5.41, 5.74) is 1.65. The van der Waals surface area contributed by atoms with Crippen LogP contribution in [0.5, 0.6) is 0 Å². The van der Waals surface area contributed by atoms with Crippen LogP contribution in [0.15, 0.2) is 83.8 Å². The van der Waals surface area contributed by atoms with Crippen LogP contribution in [0, 0.1) is 0 Å². The minimum absolute atomic E-state index is 0.00557. The van der Waals surface area contributed by atoms with Crippen molar-refractivity contribution in [3.63, 3.8) is 0 Å². The Kier molecular flexibility index (Phi) is 6.32. The first-order valence-electron chi connectivity index (χ1n) is 8.35. The molecule has 0 saturated carbocycles. The molecule has 5 heteroatoms. The van der Waals surface area contributed by atoms with E-state index in [1.165, 1.54) is 17.8 Å². The molecule has 0 aromatic heterocycles. The van der Waals surface area contributed by atoms with E-state index in [0.717, 1.165) is 5.56 Å². The third-order valence-corrected chi connectivity index (χ3v) is 5.67. The Morgan fingerprint density at radius 3 is 2.19 bits per heavy atom. The maximum absolute atomic E-state index is 12.7. The van der Waals surface area contributed by atoms with E-state index in [-0.39, 0.29) is 23.0 Å². The fourth-order valence-corrected chi connectivity index (χ4v) is 4.10. The molecule has 136 valence electrons. The summed E-state index contributed by atoms with van der Waals surface area (Å²) in [6.07, 6.45) is 0.234. The number of rotatable bonds is 7. The molecule has 0 aliphatic rings. The third-order valence-electron chi connectivity index (χ3n) is 4.08. The van der Waals surface area contributed by atoms with Gasteiger partial charge in [-0.15, -0.1) is 11.8 Å². The molecule has 0 aliphatic heterocycles. The summed E-state index contributed by atoms with van der Waals surface area (Å²) < 4.78 is 0. The average Bonchev–Trinajstić information content (AvgIpc) is 2.69. The van der Waals surface area contributed by atoms with Gasteiger partial charge in [0.2, 0.25) is 0 Å². The molecule has 27 heavy (non-hydrogen) atoms. The molecule has 0 bridgehead atoms. The van der Waals surface area contributed by atoms with Gasteiger partial charge in [-0.2, -0.15) is 0 Å². The van der Waals surface area contributed by atoms with Crippen LogP contribution in [0.3, 0.4) is 0 Å². The van der Waals surface area contributed by atoms with E-state index in [4.69, 9.17) is 11.6 Å². The van der Waals surface area contributed by atoms with Crippen LogP contribution in [0.25, 0.3) is 0 Å². The normalized spacial score (nSPS) is 11.7. The summed E-state index contributed by atoms with van der Waals surface area (Å²) in [4.78, 5) is 24.7. The fraction of sp³-hybridized carbons (Fsp3) is 0.0909. The molecule has 3 aromatic rings. The Morgan fingerprint density at radius 1 is 0.889 bits per heavy atom. The third kappa shape index (κ3) is 5.00. The zero-order chi connectivity index (χ0) is 19.2. The van der Waals surface area contributed by atoms with Gasteiger partial charge in [-0.05, 0) is 23.8 Å². The van der Waals surface area contributed by atoms with Crippen LogP contribution < -0.4 is 5.11 Å². The highest BCUT2D eigenvalue weighted by molar-refractivity contribution is 7.99.